The monoisotopic (exact) mass is 263 g/mol. The molecular formula is C13H14ClN3O. The van der Waals surface area contributed by atoms with Crippen molar-refractivity contribution in [2.45, 2.75) is 13.5 Å². The van der Waals surface area contributed by atoms with Gasteiger partial charge in [-0.1, -0.05) is 11.6 Å². The molecule has 4 nitrogen and oxygen atoms in total. The van der Waals surface area contributed by atoms with Crippen LogP contribution in [0.25, 0.3) is 0 Å². The van der Waals surface area contributed by atoms with Crippen molar-refractivity contribution in [3.05, 3.63) is 57.6 Å². The molecule has 5 heteroatoms. The Balaban J connectivity index is 1.92. The molecule has 0 unspecified atom stereocenters. The highest BCUT2D eigenvalue weighted by molar-refractivity contribution is 6.30. The Kier molecular flexibility index (Phi) is 3.99. The maximum atomic E-state index is 11.6. The summed E-state index contributed by atoms with van der Waals surface area (Å²) in [6, 6.07) is 7.12. The Bertz CT molecular complexity index is 578. The van der Waals surface area contributed by atoms with Gasteiger partial charge in [0.2, 0.25) is 0 Å². The Labute approximate surface area is 110 Å². The second-order valence-electron chi connectivity index (χ2n) is 4.02. The van der Waals surface area contributed by atoms with Gasteiger partial charge in [-0.05, 0) is 30.7 Å². The summed E-state index contributed by atoms with van der Waals surface area (Å²) in [6.45, 7) is 3.14. The summed E-state index contributed by atoms with van der Waals surface area (Å²) < 4.78 is 1.66. The number of aromatic nitrogens is 2. The number of pyridine rings is 2. The SMILES string of the molecule is Cc1ccn(CCNc2ccc(Cl)cn2)c(=O)c1. The number of hydrogen-bond donors (Lipinski definition) is 1. The number of rotatable bonds is 4. The van der Waals surface area contributed by atoms with Gasteiger partial charge in [0.05, 0.1) is 5.02 Å². The summed E-state index contributed by atoms with van der Waals surface area (Å²) in [5, 5.41) is 3.74. The van der Waals surface area contributed by atoms with E-state index in [2.05, 4.69) is 10.3 Å². The molecule has 0 radical (unpaired) electrons. The number of nitrogens with one attached hydrogen (secondary N) is 1. The number of aryl methyl sites for hydroxylation is 1. The Morgan fingerprint density at radius 2 is 2.22 bits per heavy atom. The van der Waals surface area contributed by atoms with Crippen molar-refractivity contribution in [3.63, 3.8) is 0 Å². The Hall–Kier alpha value is -1.81. The largest absolute Gasteiger partial charge is 0.368 e. The molecule has 0 atom stereocenters. The fourth-order valence-corrected chi connectivity index (χ4v) is 1.69. The molecule has 94 valence electrons. The first kappa shape index (κ1) is 12.6. The lowest BCUT2D eigenvalue weighted by Gasteiger charge is -2.08. The van der Waals surface area contributed by atoms with Crippen molar-refractivity contribution < 1.29 is 0 Å². The van der Waals surface area contributed by atoms with Crippen molar-refractivity contribution in [2.75, 3.05) is 11.9 Å². The number of hydrogen-bond acceptors (Lipinski definition) is 3. The van der Waals surface area contributed by atoms with Crippen molar-refractivity contribution in [1.82, 2.24) is 9.55 Å². The van der Waals surface area contributed by atoms with Crippen molar-refractivity contribution in [2.24, 2.45) is 0 Å². The first-order valence-electron chi connectivity index (χ1n) is 5.68. The predicted molar refractivity (Wildman–Crippen MR) is 73.2 cm³/mol. The van der Waals surface area contributed by atoms with Crippen molar-refractivity contribution >= 4 is 17.4 Å². The summed E-state index contributed by atoms with van der Waals surface area (Å²) in [7, 11) is 0. The average molecular weight is 264 g/mol. The quantitative estimate of drug-likeness (QED) is 0.921. The second-order valence-corrected chi connectivity index (χ2v) is 4.46. The number of nitrogens with zero attached hydrogens (tertiary/aromatic N) is 2. The molecule has 0 saturated heterocycles. The van der Waals surface area contributed by atoms with Gasteiger partial charge >= 0.3 is 0 Å². The lowest BCUT2D eigenvalue weighted by Crippen LogP contribution is -2.22. The number of anilines is 1. The second kappa shape index (κ2) is 5.69. The maximum Gasteiger partial charge on any atom is 0.250 e. The van der Waals surface area contributed by atoms with E-state index in [4.69, 9.17) is 11.6 Å². The van der Waals surface area contributed by atoms with Crippen LogP contribution in [-0.4, -0.2) is 16.1 Å². The molecule has 0 aromatic carbocycles. The zero-order chi connectivity index (χ0) is 13.0. The first-order valence-corrected chi connectivity index (χ1v) is 6.05. The van der Waals surface area contributed by atoms with E-state index in [9.17, 15) is 4.79 Å². The lowest BCUT2D eigenvalue weighted by molar-refractivity contribution is 0.695. The first-order chi connectivity index (χ1) is 8.65. The smallest absolute Gasteiger partial charge is 0.250 e. The Morgan fingerprint density at radius 3 is 2.89 bits per heavy atom. The van der Waals surface area contributed by atoms with Gasteiger partial charge in [-0.2, -0.15) is 0 Å². The van der Waals surface area contributed by atoms with Crippen LogP contribution in [0.3, 0.4) is 0 Å². The predicted octanol–water partition coefficient (Wildman–Crippen LogP) is 2.32. The van der Waals surface area contributed by atoms with Gasteiger partial charge in [0.15, 0.2) is 0 Å². The summed E-state index contributed by atoms with van der Waals surface area (Å²) >= 11 is 5.74. The molecule has 1 N–H and O–H groups in total. The van der Waals surface area contributed by atoms with Crippen LogP contribution >= 0.6 is 11.6 Å². The van der Waals surface area contributed by atoms with Crippen LogP contribution in [0.5, 0.6) is 0 Å². The molecule has 0 amide bonds. The summed E-state index contributed by atoms with van der Waals surface area (Å²) in [4.78, 5) is 15.7. The normalized spacial score (nSPS) is 10.3. The fraction of sp³-hybridized carbons (Fsp3) is 0.231. The van der Waals surface area contributed by atoms with Gasteiger partial charge in [0.25, 0.3) is 5.56 Å². The van der Waals surface area contributed by atoms with Crippen molar-refractivity contribution in [3.8, 4) is 0 Å². The van der Waals surface area contributed by atoms with E-state index in [-0.39, 0.29) is 5.56 Å². The van der Waals surface area contributed by atoms with E-state index < -0.39 is 0 Å². The molecule has 0 spiro atoms. The molecule has 0 aliphatic carbocycles. The Morgan fingerprint density at radius 1 is 1.39 bits per heavy atom. The van der Waals surface area contributed by atoms with Gasteiger partial charge in [-0.15, -0.1) is 0 Å². The maximum absolute atomic E-state index is 11.6. The standard InChI is InChI=1S/C13H14ClN3O/c1-10-4-6-17(13(18)8-10)7-5-15-12-3-2-11(14)9-16-12/h2-4,6,8-9H,5,7H2,1H3,(H,15,16). The molecular weight excluding hydrogens is 250 g/mol. The molecule has 18 heavy (non-hydrogen) atoms. The lowest BCUT2D eigenvalue weighted by atomic mass is 10.3. The molecule has 2 heterocycles. The molecule has 2 aromatic rings. The fourth-order valence-electron chi connectivity index (χ4n) is 1.58. The highest BCUT2D eigenvalue weighted by Gasteiger charge is 1.97. The molecule has 0 aliphatic rings. The molecule has 0 aliphatic heterocycles. The molecule has 0 fully saturated rings. The van der Waals surface area contributed by atoms with E-state index in [1.165, 1.54) is 0 Å². The minimum atomic E-state index is 0.0147. The van der Waals surface area contributed by atoms with E-state index >= 15 is 0 Å². The van der Waals surface area contributed by atoms with Gasteiger partial charge in [-0.3, -0.25) is 4.79 Å². The van der Waals surface area contributed by atoms with Crippen LogP contribution in [0, 0.1) is 6.92 Å². The van der Waals surface area contributed by atoms with Crippen LogP contribution in [0.2, 0.25) is 5.02 Å². The number of halogens is 1. The van der Waals surface area contributed by atoms with E-state index in [0.29, 0.717) is 18.1 Å². The highest BCUT2D eigenvalue weighted by Crippen LogP contribution is 2.08. The summed E-state index contributed by atoms with van der Waals surface area (Å²) in [5.41, 5.74) is 0.990. The van der Waals surface area contributed by atoms with E-state index in [1.807, 2.05) is 13.0 Å². The average Bonchev–Trinajstić information content (AvgIpc) is 2.34. The van der Waals surface area contributed by atoms with E-state index in [1.54, 1.807) is 35.2 Å². The molecule has 0 bridgehead atoms. The minimum absolute atomic E-state index is 0.0147. The van der Waals surface area contributed by atoms with Gasteiger partial charge in [-0.25, -0.2) is 4.98 Å². The third-order valence-corrected chi connectivity index (χ3v) is 2.76. The minimum Gasteiger partial charge on any atom is -0.368 e. The van der Waals surface area contributed by atoms with Gasteiger partial charge in [0.1, 0.15) is 5.82 Å². The topological polar surface area (TPSA) is 46.9 Å². The molecule has 2 aromatic heterocycles. The molecule has 2 rings (SSSR count). The van der Waals surface area contributed by atoms with Gasteiger partial charge < -0.3 is 9.88 Å². The highest BCUT2D eigenvalue weighted by atomic mass is 35.5. The summed E-state index contributed by atoms with van der Waals surface area (Å²) in [5.74, 6) is 0.750. The van der Waals surface area contributed by atoms with Crippen LogP contribution < -0.4 is 10.9 Å². The zero-order valence-electron chi connectivity index (χ0n) is 10.1. The third kappa shape index (κ3) is 3.34. The van der Waals surface area contributed by atoms with E-state index in [0.717, 1.165) is 11.4 Å². The molecule has 0 saturated carbocycles. The van der Waals surface area contributed by atoms with Crippen LogP contribution in [-0.2, 0) is 6.54 Å². The van der Waals surface area contributed by atoms with Crippen LogP contribution in [0.4, 0.5) is 5.82 Å². The van der Waals surface area contributed by atoms with Crippen LogP contribution in [0.15, 0.2) is 41.5 Å². The van der Waals surface area contributed by atoms with Crippen LogP contribution in [0.1, 0.15) is 5.56 Å². The third-order valence-electron chi connectivity index (χ3n) is 2.54. The summed E-state index contributed by atoms with van der Waals surface area (Å²) in [6.07, 6.45) is 3.39. The van der Waals surface area contributed by atoms with Crippen molar-refractivity contribution in [1.29, 1.82) is 0 Å². The zero-order valence-corrected chi connectivity index (χ0v) is 10.8. The van der Waals surface area contributed by atoms with Gasteiger partial charge in [0, 0.05) is 31.5 Å².